The second-order valence-electron chi connectivity index (χ2n) is 4.78. The third kappa shape index (κ3) is 3.72. The quantitative estimate of drug-likeness (QED) is 0.864. The molecule has 0 radical (unpaired) electrons. The van der Waals surface area contributed by atoms with Gasteiger partial charge in [-0.25, -0.2) is 0 Å². The van der Waals surface area contributed by atoms with Crippen LogP contribution in [0.3, 0.4) is 0 Å². The third-order valence-corrected chi connectivity index (χ3v) is 3.92. The first-order chi connectivity index (χ1) is 10.4. The summed E-state index contributed by atoms with van der Waals surface area (Å²) < 4.78 is 5.98. The number of carbonyl (C=O) groups excluding carboxylic acids is 1. The van der Waals surface area contributed by atoms with Crippen LogP contribution in [0.25, 0.3) is 0 Å². The van der Waals surface area contributed by atoms with E-state index in [4.69, 9.17) is 16.3 Å². The van der Waals surface area contributed by atoms with Crippen LogP contribution in [0.15, 0.2) is 40.9 Å². The lowest BCUT2D eigenvalue weighted by Crippen LogP contribution is -2.26. The van der Waals surface area contributed by atoms with Gasteiger partial charge in [-0.15, -0.1) is 0 Å². The van der Waals surface area contributed by atoms with Crippen LogP contribution >= 0.6 is 27.5 Å². The van der Waals surface area contributed by atoms with Crippen LogP contribution in [0.5, 0.6) is 11.5 Å². The number of benzene rings is 2. The average Bonchev–Trinajstić information content (AvgIpc) is 2.47. The molecular formula is C16H15BrClNO3. The molecule has 0 fully saturated rings. The number of hydrogen-bond donors (Lipinski definition) is 1. The summed E-state index contributed by atoms with van der Waals surface area (Å²) in [6.07, 6.45) is 0. The van der Waals surface area contributed by atoms with Gasteiger partial charge in [-0.2, -0.15) is 0 Å². The molecule has 2 rings (SSSR count). The molecule has 4 nitrogen and oxygen atoms in total. The van der Waals surface area contributed by atoms with Crippen LogP contribution < -0.4 is 4.74 Å². The molecule has 1 amide bonds. The topological polar surface area (TPSA) is 49.8 Å². The van der Waals surface area contributed by atoms with Gasteiger partial charge in [-0.1, -0.05) is 27.5 Å². The number of ether oxygens (including phenoxy) is 1. The van der Waals surface area contributed by atoms with Crippen molar-refractivity contribution < 1.29 is 14.6 Å². The van der Waals surface area contributed by atoms with Gasteiger partial charge in [0.25, 0.3) is 5.91 Å². The van der Waals surface area contributed by atoms with Gasteiger partial charge in [0.2, 0.25) is 0 Å². The second-order valence-corrected chi connectivity index (χ2v) is 6.13. The normalized spacial score (nSPS) is 10.4. The number of nitrogens with zero attached hydrogens (tertiary/aromatic N) is 1. The Balaban J connectivity index is 2.23. The van der Waals surface area contributed by atoms with E-state index in [9.17, 15) is 9.90 Å². The molecule has 0 aliphatic heterocycles. The first-order valence-electron chi connectivity index (χ1n) is 6.48. The fourth-order valence-electron chi connectivity index (χ4n) is 2.09. The van der Waals surface area contributed by atoms with Gasteiger partial charge in [0.1, 0.15) is 11.5 Å². The SMILES string of the molecule is COc1ccc(Cl)cc1CN(C)C(=O)c1ccc(Br)cc1O. The van der Waals surface area contributed by atoms with E-state index in [0.717, 1.165) is 5.56 Å². The molecule has 0 aliphatic rings. The molecule has 0 aliphatic carbocycles. The number of rotatable bonds is 4. The van der Waals surface area contributed by atoms with E-state index >= 15 is 0 Å². The minimum absolute atomic E-state index is 0.0655. The number of halogens is 2. The number of amides is 1. The summed E-state index contributed by atoms with van der Waals surface area (Å²) in [5.74, 6) is 0.306. The van der Waals surface area contributed by atoms with Gasteiger partial charge in [0.15, 0.2) is 0 Å². The fourth-order valence-corrected chi connectivity index (χ4v) is 2.63. The zero-order chi connectivity index (χ0) is 16.3. The van der Waals surface area contributed by atoms with Gasteiger partial charge in [-0.3, -0.25) is 4.79 Å². The first kappa shape index (κ1) is 16.6. The first-order valence-corrected chi connectivity index (χ1v) is 7.66. The van der Waals surface area contributed by atoms with Crippen molar-refractivity contribution in [3.05, 3.63) is 57.0 Å². The van der Waals surface area contributed by atoms with Crippen molar-refractivity contribution in [1.82, 2.24) is 4.90 Å². The van der Waals surface area contributed by atoms with Crippen LogP contribution in [0, 0.1) is 0 Å². The van der Waals surface area contributed by atoms with E-state index in [1.54, 1.807) is 44.5 Å². The lowest BCUT2D eigenvalue weighted by molar-refractivity contribution is 0.0781. The molecule has 6 heteroatoms. The maximum Gasteiger partial charge on any atom is 0.257 e. The van der Waals surface area contributed by atoms with Crippen LogP contribution in [0.2, 0.25) is 5.02 Å². The second kappa shape index (κ2) is 7.03. The molecule has 2 aromatic rings. The predicted molar refractivity (Wildman–Crippen MR) is 89.6 cm³/mol. The Morgan fingerprint density at radius 1 is 1.32 bits per heavy atom. The molecule has 2 aromatic carbocycles. The summed E-state index contributed by atoms with van der Waals surface area (Å²) in [6, 6.07) is 10.0. The van der Waals surface area contributed by atoms with Gasteiger partial charge in [0.05, 0.1) is 12.7 Å². The average molecular weight is 385 g/mol. The van der Waals surface area contributed by atoms with E-state index in [-0.39, 0.29) is 17.2 Å². The lowest BCUT2D eigenvalue weighted by atomic mass is 10.1. The van der Waals surface area contributed by atoms with Gasteiger partial charge >= 0.3 is 0 Å². The van der Waals surface area contributed by atoms with E-state index in [0.29, 0.717) is 21.8 Å². The maximum atomic E-state index is 12.4. The standard InChI is InChI=1S/C16H15BrClNO3/c1-19(9-10-7-12(18)4-6-15(10)22-2)16(21)13-5-3-11(17)8-14(13)20/h3-8,20H,9H2,1-2H3. The number of hydrogen-bond acceptors (Lipinski definition) is 3. The van der Waals surface area contributed by atoms with E-state index < -0.39 is 0 Å². The zero-order valence-electron chi connectivity index (χ0n) is 12.1. The summed E-state index contributed by atoms with van der Waals surface area (Å²) in [4.78, 5) is 13.9. The smallest absolute Gasteiger partial charge is 0.257 e. The summed E-state index contributed by atoms with van der Waals surface area (Å²) >= 11 is 9.24. The fraction of sp³-hybridized carbons (Fsp3) is 0.188. The van der Waals surface area contributed by atoms with Crippen molar-refractivity contribution >= 4 is 33.4 Å². The Morgan fingerprint density at radius 2 is 2.05 bits per heavy atom. The molecule has 0 saturated carbocycles. The molecule has 0 bridgehead atoms. The highest BCUT2D eigenvalue weighted by Gasteiger charge is 2.17. The number of methoxy groups -OCH3 is 1. The number of carbonyl (C=O) groups is 1. The number of phenolic OH excluding ortho intramolecular Hbond substituents is 1. The van der Waals surface area contributed by atoms with Crippen molar-refractivity contribution in [1.29, 1.82) is 0 Å². The Hall–Kier alpha value is -1.72. The highest BCUT2D eigenvalue weighted by atomic mass is 79.9. The molecule has 0 unspecified atom stereocenters. The minimum atomic E-state index is -0.285. The number of aromatic hydroxyl groups is 1. The van der Waals surface area contributed by atoms with Gasteiger partial charge < -0.3 is 14.7 Å². The summed E-state index contributed by atoms with van der Waals surface area (Å²) in [5, 5.41) is 10.5. The Labute approximate surface area is 142 Å². The zero-order valence-corrected chi connectivity index (χ0v) is 14.5. The molecule has 22 heavy (non-hydrogen) atoms. The highest BCUT2D eigenvalue weighted by Crippen LogP contribution is 2.26. The monoisotopic (exact) mass is 383 g/mol. The predicted octanol–water partition coefficient (Wildman–Crippen LogP) is 4.09. The highest BCUT2D eigenvalue weighted by molar-refractivity contribution is 9.10. The molecular weight excluding hydrogens is 370 g/mol. The minimum Gasteiger partial charge on any atom is -0.507 e. The van der Waals surface area contributed by atoms with Crippen LogP contribution in [-0.2, 0) is 6.54 Å². The Morgan fingerprint density at radius 3 is 2.68 bits per heavy atom. The molecule has 0 aromatic heterocycles. The van der Waals surface area contributed by atoms with Crippen molar-refractivity contribution in [2.75, 3.05) is 14.2 Å². The van der Waals surface area contributed by atoms with Gasteiger partial charge in [0, 0.05) is 28.7 Å². The van der Waals surface area contributed by atoms with E-state index in [2.05, 4.69) is 15.9 Å². The lowest BCUT2D eigenvalue weighted by Gasteiger charge is -2.19. The Bertz CT molecular complexity index is 706. The van der Waals surface area contributed by atoms with Crippen LogP contribution in [0.1, 0.15) is 15.9 Å². The van der Waals surface area contributed by atoms with Crippen molar-refractivity contribution in [2.45, 2.75) is 6.54 Å². The molecule has 0 atom stereocenters. The van der Waals surface area contributed by atoms with Gasteiger partial charge in [-0.05, 0) is 36.4 Å². The Kier molecular flexibility index (Phi) is 5.32. The van der Waals surface area contributed by atoms with E-state index in [1.165, 1.54) is 11.0 Å². The third-order valence-electron chi connectivity index (χ3n) is 3.19. The molecule has 0 saturated heterocycles. The van der Waals surface area contributed by atoms with Crippen LogP contribution in [-0.4, -0.2) is 30.1 Å². The summed E-state index contributed by atoms with van der Waals surface area (Å²) in [5.41, 5.74) is 1.04. The van der Waals surface area contributed by atoms with E-state index in [1.807, 2.05) is 0 Å². The largest absolute Gasteiger partial charge is 0.507 e. The summed E-state index contributed by atoms with van der Waals surface area (Å²) in [7, 11) is 3.22. The van der Waals surface area contributed by atoms with Crippen molar-refractivity contribution in [2.24, 2.45) is 0 Å². The van der Waals surface area contributed by atoms with Crippen LogP contribution in [0.4, 0.5) is 0 Å². The molecule has 116 valence electrons. The van der Waals surface area contributed by atoms with Crippen molar-refractivity contribution in [3.8, 4) is 11.5 Å². The summed E-state index contributed by atoms with van der Waals surface area (Å²) in [6.45, 7) is 0.318. The maximum absolute atomic E-state index is 12.4. The molecule has 1 N–H and O–H groups in total. The molecule has 0 heterocycles. The molecule has 0 spiro atoms. The number of phenols is 1. The van der Waals surface area contributed by atoms with Crippen molar-refractivity contribution in [3.63, 3.8) is 0 Å².